The van der Waals surface area contributed by atoms with E-state index in [1.807, 2.05) is 12.1 Å². The summed E-state index contributed by atoms with van der Waals surface area (Å²) in [6, 6.07) is 14.1. The van der Waals surface area contributed by atoms with E-state index in [9.17, 15) is 14.7 Å². The lowest BCUT2D eigenvalue weighted by atomic mass is 10.0. The van der Waals surface area contributed by atoms with Crippen molar-refractivity contribution in [2.24, 2.45) is 5.92 Å². The molecule has 0 saturated carbocycles. The van der Waals surface area contributed by atoms with Crippen molar-refractivity contribution < 1.29 is 14.7 Å². The van der Waals surface area contributed by atoms with Crippen molar-refractivity contribution in [2.75, 3.05) is 11.4 Å². The second kappa shape index (κ2) is 10.3. The Hall–Kier alpha value is -2.41. The average Bonchev–Trinajstić information content (AvgIpc) is 3.13. The lowest BCUT2D eigenvalue weighted by molar-refractivity contribution is -0.136. The number of carboxylic acids is 1. The van der Waals surface area contributed by atoms with Gasteiger partial charge in [0, 0.05) is 22.5 Å². The first-order valence-corrected chi connectivity index (χ1v) is 11.4. The van der Waals surface area contributed by atoms with Crippen molar-refractivity contribution in [1.29, 1.82) is 0 Å². The highest BCUT2D eigenvalue weighted by atomic mass is 35.5. The van der Waals surface area contributed by atoms with E-state index in [1.54, 1.807) is 36.4 Å². The molecule has 3 aromatic rings. The fraction of sp³-hybridized carbons (Fsp3) is 0.261. The maximum atomic E-state index is 13.2. The van der Waals surface area contributed by atoms with Gasteiger partial charge in [-0.15, -0.1) is 11.3 Å². The number of thiazole rings is 1. The number of amides is 1. The van der Waals surface area contributed by atoms with Crippen LogP contribution in [-0.4, -0.2) is 28.5 Å². The van der Waals surface area contributed by atoms with Gasteiger partial charge in [-0.3, -0.25) is 14.5 Å². The number of anilines is 1. The van der Waals surface area contributed by atoms with Crippen LogP contribution in [0.2, 0.25) is 10.0 Å². The van der Waals surface area contributed by atoms with E-state index >= 15 is 0 Å². The van der Waals surface area contributed by atoms with Crippen molar-refractivity contribution in [2.45, 2.75) is 26.7 Å². The van der Waals surface area contributed by atoms with Crippen molar-refractivity contribution in [3.05, 3.63) is 69.0 Å². The van der Waals surface area contributed by atoms with Crippen LogP contribution < -0.4 is 4.90 Å². The highest BCUT2D eigenvalue weighted by Crippen LogP contribution is 2.37. The molecule has 5 nitrogen and oxygen atoms in total. The lowest BCUT2D eigenvalue weighted by Crippen LogP contribution is -2.33. The van der Waals surface area contributed by atoms with Crippen molar-refractivity contribution in [3.8, 4) is 11.3 Å². The number of halogens is 2. The third kappa shape index (κ3) is 5.85. The number of nitrogens with zero attached hydrogens (tertiary/aromatic N) is 2. The molecule has 0 aliphatic carbocycles. The van der Waals surface area contributed by atoms with Crippen molar-refractivity contribution in [1.82, 2.24) is 4.98 Å². The molecule has 0 radical (unpaired) electrons. The summed E-state index contributed by atoms with van der Waals surface area (Å²) in [5.41, 5.74) is 2.01. The average molecular weight is 477 g/mol. The molecular weight excluding hydrogens is 455 g/mol. The molecular formula is C23H22Cl2N2O3S. The zero-order chi connectivity index (χ0) is 22.5. The third-order valence-electron chi connectivity index (χ3n) is 4.52. The minimum atomic E-state index is -0.977. The first kappa shape index (κ1) is 23.3. The van der Waals surface area contributed by atoms with Gasteiger partial charge >= 0.3 is 5.97 Å². The number of carboxylic acid groups (broad SMARTS) is 1. The third-order valence-corrected chi connectivity index (χ3v) is 6.36. The molecule has 1 heterocycles. The van der Waals surface area contributed by atoms with E-state index in [1.165, 1.54) is 16.2 Å². The molecule has 1 aromatic heterocycles. The molecule has 0 atom stereocenters. The molecule has 1 N–H and O–H groups in total. The summed E-state index contributed by atoms with van der Waals surface area (Å²) in [5, 5.41) is 10.5. The Kier molecular flexibility index (Phi) is 7.70. The molecule has 8 heteroatoms. The Morgan fingerprint density at radius 2 is 1.81 bits per heavy atom. The smallest absolute Gasteiger partial charge is 0.305 e. The standard InChI is InChI=1S/C23H22Cl2N2O3S/c1-14(2)12-19-21(16-8-9-17(24)18(25)13-16)26-23(31-19)27(11-10-20(28)29)22(30)15-6-4-3-5-7-15/h3-9,13-14H,10-12H2,1-2H3,(H,28,29). The Bertz CT molecular complexity index is 1080. The van der Waals surface area contributed by atoms with Crippen LogP contribution in [0.5, 0.6) is 0 Å². The van der Waals surface area contributed by atoms with Crippen LogP contribution in [0, 0.1) is 5.92 Å². The molecule has 0 bridgehead atoms. The Balaban J connectivity index is 2.07. The Morgan fingerprint density at radius 3 is 2.42 bits per heavy atom. The predicted octanol–water partition coefficient (Wildman–Crippen LogP) is 6.44. The summed E-state index contributed by atoms with van der Waals surface area (Å²) in [4.78, 5) is 31.6. The van der Waals surface area contributed by atoms with E-state index in [2.05, 4.69) is 13.8 Å². The van der Waals surface area contributed by atoms with Crippen molar-refractivity contribution >= 4 is 51.5 Å². The monoisotopic (exact) mass is 476 g/mol. The number of aliphatic carboxylic acids is 1. The van der Waals surface area contributed by atoms with E-state index in [4.69, 9.17) is 28.2 Å². The van der Waals surface area contributed by atoms with Gasteiger partial charge in [0.15, 0.2) is 5.13 Å². The summed E-state index contributed by atoms with van der Waals surface area (Å²) >= 11 is 13.7. The van der Waals surface area contributed by atoms with E-state index < -0.39 is 5.97 Å². The van der Waals surface area contributed by atoms with Gasteiger partial charge in [0.2, 0.25) is 0 Å². The first-order valence-electron chi connectivity index (χ1n) is 9.80. The quantitative estimate of drug-likeness (QED) is 0.406. The maximum Gasteiger partial charge on any atom is 0.305 e. The highest BCUT2D eigenvalue weighted by Gasteiger charge is 2.24. The maximum absolute atomic E-state index is 13.2. The second-order valence-corrected chi connectivity index (χ2v) is 9.34. The van der Waals surface area contributed by atoms with Crippen LogP contribution in [0.1, 0.15) is 35.5 Å². The Labute approximate surface area is 195 Å². The lowest BCUT2D eigenvalue weighted by Gasteiger charge is -2.19. The van der Waals surface area contributed by atoms with Gasteiger partial charge in [-0.05, 0) is 36.6 Å². The predicted molar refractivity (Wildman–Crippen MR) is 126 cm³/mol. The summed E-state index contributed by atoms with van der Waals surface area (Å²) in [7, 11) is 0. The van der Waals surface area contributed by atoms with Gasteiger partial charge in [-0.2, -0.15) is 0 Å². The number of hydrogen-bond donors (Lipinski definition) is 1. The number of hydrogen-bond acceptors (Lipinski definition) is 4. The Morgan fingerprint density at radius 1 is 1.10 bits per heavy atom. The number of carbonyl (C=O) groups is 2. The molecule has 162 valence electrons. The van der Waals surface area contributed by atoms with Crippen LogP contribution in [-0.2, 0) is 11.2 Å². The molecule has 0 aliphatic rings. The summed E-state index contributed by atoms with van der Waals surface area (Å²) < 4.78 is 0. The molecule has 31 heavy (non-hydrogen) atoms. The molecule has 2 aromatic carbocycles. The highest BCUT2D eigenvalue weighted by molar-refractivity contribution is 7.16. The molecule has 3 rings (SSSR count). The summed E-state index contributed by atoms with van der Waals surface area (Å²) in [5.74, 6) is -0.894. The minimum Gasteiger partial charge on any atom is -0.481 e. The fourth-order valence-electron chi connectivity index (χ4n) is 3.06. The largest absolute Gasteiger partial charge is 0.481 e. The molecule has 0 spiro atoms. The van der Waals surface area contributed by atoms with Gasteiger partial charge in [0.25, 0.3) is 5.91 Å². The van der Waals surface area contributed by atoms with Gasteiger partial charge < -0.3 is 5.11 Å². The molecule has 0 fully saturated rings. The van der Waals surface area contributed by atoms with E-state index in [0.29, 0.717) is 26.7 Å². The molecule has 0 unspecified atom stereocenters. The van der Waals surface area contributed by atoms with Crippen LogP contribution in [0.4, 0.5) is 5.13 Å². The molecule has 0 saturated heterocycles. The summed E-state index contributed by atoms with van der Waals surface area (Å²) in [6.07, 6.45) is 0.583. The number of aromatic nitrogens is 1. The van der Waals surface area contributed by atoms with Gasteiger partial charge in [-0.25, -0.2) is 4.98 Å². The number of benzene rings is 2. The minimum absolute atomic E-state index is 0.0263. The zero-order valence-corrected chi connectivity index (χ0v) is 19.5. The normalized spacial score (nSPS) is 11.0. The van der Waals surface area contributed by atoms with Gasteiger partial charge in [0.1, 0.15) is 0 Å². The van der Waals surface area contributed by atoms with Crippen LogP contribution in [0.3, 0.4) is 0 Å². The summed E-state index contributed by atoms with van der Waals surface area (Å²) in [6.45, 7) is 4.24. The van der Waals surface area contributed by atoms with Gasteiger partial charge in [0.05, 0.1) is 22.2 Å². The fourth-order valence-corrected chi connectivity index (χ4v) is 4.68. The van der Waals surface area contributed by atoms with Crippen LogP contribution in [0.15, 0.2) is 48.5 Å². The topological polar surface area (TPSA) is 70.5 Å². The van der Waals surface area contributed by atoms with E-state index in [0.717, 1.165) is 22.6 Å². The van der Waals surface area contributed by atoms with Gasteiger partial charge in [-0.1, -0.05) is 61.3 Å². The van der Waals surface area contributed by atoms with Crippen LogP contribution >= 0.6 is 34.5 Å². The van der Waals surface area contributed by atoms with Crippen LogP contribution in [0.25, 0.3) is 11.3 Å². The molecule has 1 amide bonds. The SMILES string of the molecule is CC(C)Cc1sc(N(CCC(=O)O)C(=O)c2ccccc2)nc1-c1ccc(Cl)c(Cl)c1. The molecule has 0 aliphatic heterocycles. The van der Waals surface area contributed by atoms with Crippen molar-refractivity contribution in [3.63, 3.8) is 0 Å². The number of rotatable bonds is 8. The number of carbonyl (C=O) groups excluding carboxylic acids is 1. The second-order valence-electron chi connectivity index (χ2n) is 7.46. The first-order chi connectivity index (χ1) is 14.8. The van der Waals surface area contributed by atoms with E-state index in [-0.39, 0.29) is 18.9 Å². The zero-order valence-electron chi connectivity index (χ0n) is 17.1.